The standard InChI is InChI=1S/C8H12N2O3/c1-8(9-6-11)3-2-4-10(5-8)7(12)13/h2-5H2,1H3,(H,12,13). The molecule has 1 N–H and O–H groups in total. The average molecular weight is 184 g/mol. The molecule has 0 aromatic carbocycles. The van der Waals surface area contributed by atoms with Gasteiger partial charge in [-0.15, -0.1) is 0 Å². The Bertz CT molecular complexity index is 260. The highest BCUT2D eigenvalue weighted by Crippen LogP contribution is 2.23. The fourth-order valence-corrected chi connectivity index (χ4v) is 1.58. The molecule has 0 aromatic rings. The summed E-state index contributed by atoms with van der Waals surface area (Å²) in [6.45, 7) is 2.59. The van der Waals surface area contributed by atoms with Crippen LogP contribution in [0.15, 0.2) is 4.99 Å². The minimum atomic E-state index is -0.952. The van der Waals surface area contributed by atoms with E-state index in [0.717, 1.165) is 12.8 Å². The van der Waals surface area contributed by atoms with Gasteiger partial charge in [-0.25, -0.2) is 9.59 Å². The molecule has 0 aliphatic carbocycles. The van der Waals surface area contributed by atoms with Crippen LogP contribution in [0, 0.1) is 0 Å². The van der Waals surface area contributed by atoms with Crippen LogP contribution in [-0.2, 0) is 4.79 Å². The number of nitrogens with zero attached hydrogens (tertiary/aromatic N) is 2. The molecule has 13 heavy (non-hydrogen) atoms. The maximum Gasteiger partial charge on any atom is 0.407 e. The molecule has 0 saturated carbocycles. The Labute approximate surface area is 76.1 Å². The number of carbonyl (C=O) groups is 1. The molecule has 0 spiro atoms. The molecule has 1 aliphatic rings. The lowest BCUT2D eigenvalue weighted by Gasteiger charge is -2.34. The number of hydrogen-bond acceptors (Lipinski definition) is 3. The predicted octanol–water partition coefficient (Wildman–Crippen LogP) is 0.855. The van der Waals surface area contributed by atoms with Gasteiger partial charge in [-0.3, -0.25) is 0 Å². The average Bonchev–Trinajstić information content (AvgIpc) is 2.04. The Morgan fingerprint density at radius 1 is 1.69 bits per heavy atom. The van der Waals surface area contributed by atoms with Crippen molar-refractivity contribution in [2.45, 2.75) is 25.3 Å². The first-order chi connectivity index (χ1) is 6.07. The Morgan fingerprint density at radius 2 is 2.38 bits per heavy atom. The van der Waals surface area contributed by atoms with Crippen LogP contribution >= 0.6 is 0 Å². The van der Waals surface area contributed by atoms with E-state index in [9.17, 15) is 9.59 Å². The number of carboxylic acid groups (broad SMARTS) is 1. The highest BCUT2D eigenvalue weighted by atomic mass is 16.4. The molecule has 1 fully saturated rings. The van der Waals surface area contributed by atoms with Crippen LogP contribution < -0.4 is 0 Å². The zero-order valence-corrected chi connectivity index (χ0v) is 7.49. The second-order valence-corrected chi connectivity index (χ2v) is 3.51. The summed E-state index contributed by atoms with van der Waals surface area (Å²) in [5.74, 6) is 0. The second kappa shape index (κ2) is 3.58. The number of amides is 1. The third kappa shape index (κ3) is 2.29. The highest BCUT2D eigenvalue weighted by molar-refractivity contribution is 5.65. The molecule has 0 aromatic heterocycles. The fourth-order valence-electron chi connectivity index (χ4n) is 1.58. The Hall–Kier alpha value is -1.35. The minimum Gasteiger partial charge on any atom is -0.465 e. The van der Waals surface area contributed by atoms with Crippen LogP contribution in [-0.4, -0.2) is 40.8 Å². The normalized spacial score (nSPS) is 27.9. The van der Waals surface area contributed by atoms with E-state index in [4.69, 9.17) is 5.11 Å². The maximum atomic E-state index is 10.6. The molecule has 0 radical (unpaired) electrons. The molecule has 5 nitrogen and oxygen atoms in total. The van der Waals surface area contributed by atoms with Gasteiger partial charge in [0, 0.05) is 13.1 Å². The molecule has 0 bridgehead atoms. The first-order valence-electron chi connectivity index (χ1n) is 4.14. The fraction of sp³-hybridized carbons (Fsp3) is 0.750. The monoisotopic (exact) mass is 184 g/mol. The molecule has 1 unspecified atom stereocenters. The van der Waals surface area contributed by atoms with Crippen molar-refractivity contribution in [1.82, 2.24) is 4.90 Å². The summed E-state index contributed by atoms with van der Waals surface area (Å²) in [4.78, 5) is 25.6. The largest absolute Gasteiger partial charge is 0.465 e. The molecule has 1 heterocycles. The zero-order chi connectivity index (χ0) is 9.90. The number of likely N-dealkylation sites (tertiary alicyclic amines) is 1. The quantitative estimate of drug-likeness (QED) is 0.485. The molecule has 1 atom stereocenters. The summed E-state index contributed by atoms with van der Waals surface area (Å²) in [6.07, 6.45) is 2.03. The lowest BCUT2D eigenvalue weighted by molar-refractivity contribution is 0.115. The van der Waals surface area contributed by atoms with Crippen LogP contribution in [0.5, 0.6) is 0 Å². The van der Waals surface area contributed by atoms with Crippen LogP contribution in [0.2, 0.25) is 0 Å². The van der Waals surface area contributed by atoms with Crippen molar-refractivity contribution in [3.63, 3.8) is 0 Å². The number of aliphatic imine (C=N–C) groups is 1. The summed E-state index contributed by atoms with van der Waals surface area (Å²) in [7, 11) is 0. The SMILES string of the molecule is CC1(N=C=O)CCCN(C(=O)O)C1. The molecule has 5 heteroatoms. The summed E-state index contributed by atoms with van der Waals surface area (Å²) in [5, 5.41) is 8.72. The van der Waals surface area contributed by atoms with Gasteiger partial charge < -0.3 is 10.0 Å². The summed E-state index contributed by atoms with van der Waals surface area (Å²) >= 11 is 0. The van der Waals surface area contributed by atoms with E-state index in [2.05, 4.69) is 4.99 Å². The maximum absolute atomic E-state index is 10.6. The molecular formula is C8H12N2O3. The second-order valence-electron chi connectivity index (χ2n) is 3.51. The van der Waals surface area contributed by atoms with Crippen molar-refractivity contribution in [3.05, 3.63) is 0 Å². The molecule has 1 amide bonds. The molecule has 1 aliphatic heterocycles. The predicted molar refractivity (Wildman–Crippen MR) is 45.4 cm³/mol. The van der Waals surface area contributed by atoms with Crippen LogP contribution in [0.1, 0.15) is 19.8 Å². The van der Waals surface area contributed by atoms with Gasteiger partial charge in [0.15, 0.2) is 0 Å². The van der Waals surface area contributed by atoms with Crippen molar-refractivity contribution in [2.75, 3.05) is 13.1 Å². The molecule has 1 saturated heterocycles. The van der Waals surface area contributed by atoms with Gasteiger partial charge in [0.05, 0.1) is 5.54 Å². The van der Waals surface area contributed by atoms with Gasteiger partial charge in [0.1, 0.15) is 0 Å². The molecular weight excluding hydrogens is 172 g/mol. The number of hydrogen-bond donors (Lipinski definition) is 1. The van der Waals surface area contributed by atoms with E-state index in [1.54, 1.807) is 6.92 Å². The Balaban J connectivity index is 2.70. The molecule has 1 rings (SSSR count). The number of isocyanates is 1. The van der Waals surface area contributed by atoms with E-state index >= 15 is 0 Å². The summed E-state index contributed by atoms with van der Waals surface area (Å²) in [6, 6.07) is 0. The number of carbonyl (C=O) groups excluding carboxylic acids is 1. The lowest BCUT2D eigenvalue weighted by atomic mass is 9.92. The van der Waals surface area contributed by atoms with Crippen LogP contribution in [0.25, 0.3) is 0 Å². The topological polar surface area (TPSA) is 70.0 Å². The van der Waals surface area contributed by atoms with Gasteiger partial charge in [-0.2, -0.15) is 4.99 Å². The number of piperidine rings is 1. The zero-order valence-electron chi connectivity index (χ0n) is 7.49. The van der Waals surface area contributed by atoms with E-state index < -0.39 is 11.6 Å². The molecule has 72 valence electrons. The first kappa shape index (κ1) is 9.74. The highest BCUT2D eigenvalue weighted by Gasteiger charge is 2.32. The Kier molecular flexibility index (Phi) is 2.68. The third-order valence-corrected chi connectivity index (χ3v) is 2.26. The number of rotatable bonds is 1. The smallest absolute Gasteiger partial charge is 0.407 e. The summed E-state index contributed by atoms with van der Waals surface area (Å²) in [5.41, 5.74) is -0.571. The van der Waals surface area contributed by atoms with Crippen molar-refractivity contribution >= 4 is 12.2 Å². The van der Waals surface area contributed by atoms with Crippen molar-refractivity contribution in [2.24, 2.45) is 4.99 Å². The first-order valence-corrected chi connectivity index (χ1v) is 4.14. The van der Waals surface area contributed by atoms with Gasteiger partial charge in [0.25, 0.3) is 0 Å². The van der Waals surface area contributed by atoms with Crippen molar-refractivity contribution < 1.29 is 14.7 Å². The Morgan fingerprint density at radius 3 is 2.92 bits per heavy atom. The van der Waals surface area contributed by atoms with Crippen LogP contribution in [0.4, 0.5) is 4.79 Å². The van der Waals surface area contributed by atoms with Gasteiger partial charge in [0.2, 0.25) is 6.08 Å². The van der Waals surface area contributed by atoms with Crippen molar-refractivity contribution in [1.29, 1.82) is 0 Å². The van der Waals surface area contributed by atoms with Crippen LogP contribution in [0.3, 0.4) is 0 Å². The van der Waals surface area contributed by atoms with E-state index in [0.29, 0.717) is 6.54 Å². The van der Waals surface area contributed by atoms with E-state index in [-0.39, 0.29) is 6.54 Å². The summed E-state index contributed by atoms with van der Waals surface area (Å²) < 4.78 is 0. The third-order valence-electron chi connectivity index (χ3n) is 2.26. The minimum absolute atomic E-state index is 0.289. The van der Waals surface area contributed by atoms with E-state index in [1.165, 1.54) is 11.0 Å². The lowest BCUT2D eigenvalue weighted by Crippen LogP contribution is -2.47. The van der Waals surface area contributed by atoms with E-state index in [1.807, 2.05) is 0 Å². The van der Waals surface area contributed by atoms with Gasteiger partial charge >= 0.3 is 6.09 Å². The van der Waals surface area contributed by atoms with Crippen molar-refractivity contribution in [3.8, 4) is 0 Å². The van der Waals surface area contributed by atoms with Gasteiger partial charge in [-0.05, 0) is 19.8 Å². The van der Waals surface area contributed by atoms with Gasteiger partial charge in [-0.1, -0.05) is 0 Å².